The van der Waals surface area contributed by atoms with Crippen molar-refractivity contribution in [3.8, 4) is 0 Å². The Morgan fingerprint density at radius 1 is 1.58 bits per heavy atom. The zero-order chi connectivity index (χ0) is 8.97. The lowest BCUT2D eigenvalue weighted by Crippen LogP contribution is -1.96. The summed E-state index contributed by atoms with van der Waals surface area (Å²) in [5.41, 5.74) is 2.44. The van der Waals surface area contributed by atoms with E-state index in [4.69, 9.17) is 12.2 Å². The van der Waals surface area contributed by atoms with Crippen LogP contribution in [0, 0.1) is 11.7 Å². The smallest absolute Gasteiger partial charge is 0.196 e. The van der Waals surface area contributed by atoms with Crippen molar-refractivity contribution in [1.29, 1.82) is 0 Å². The SMILES string of the molecule is CCCCc1[nH]c(=S)ncc1C. The van der Waals surface area contributed by atoms with E-state index in [9.17, 15) is 0 Å². The second-order valence-corrected chi connectivity index (χ2v) is 3.34. The van der Waals surface area contributed by atoms with E-state index in [0.717, 1.165) is 6.42 Å². The average Bonchev–Trinajstić information content (AvgIpc) is 2.07. The lowest BCUT2D eigenvalue weighted by atomic mass is 10.1. The van der Waals surface area contributed by atoms with Gasteiger partial charge in [0, 0.05) is 11.9 Å². The molecular weight excluding hydrogens is 168 g/mol. The molecule has 0 radical (unpaired) electrons. The molecule has 1 aromatic heterocycles. The molecule has 2 nitrogen and oxygen atoms in total. The molecule has 1 N–H and O–H groups in total. The van der Waals surface area contributed by atoms with E-state index in [0.29, 0.717) is 4.77 Å². The molecule has 0 saturated carbocycles. The van der Waals surface area contributed by atoms with Crippen LogP contribution in [0.2, 0.25) is 0 Å². The first-order valence-electron chi connectivity index (χ1n) is 4.29. The Bertz CT molecular complexity index is 304. The van der Waals surface area contributed by atoms with Crippen molar-refractivity contribution in [1.82, 2.24) is 9.97 Å². The van der Waals surface area contributed by atoms with Crippen molar-refractivity contribution in [2.75, 3.05) is 0 Å². The molecule has 66 valence electrons. The Balaban J connectivity index is 2.82. The standard InChI is InChI=1S/C9H14N2S/c1-3-4-5-8-7(2)6-10-9(12)11-8/h6H,3-5H2,1-2H3,(H,10,11,12). The fraction of sp³-hybridized carbons (Fsp3) is 0.556. The van der Waals surface area contributed by atoms with Gasteiger partial charge in [-0.05, 0) is 37.5 Å². The second kappa shape index (κ2) is 4.36. The second-order valence-electron chi connectivity index (χ2n) is 2.95. The van der Waals surface area contributed by atoms with E-state index >= 15 is 0 Å². The van der Waals surface area contributed by atoms with Crippen LogP contribution in [0.5, 0.6) is 0 Å². The minimum Gasteiger partial charge on any atom is -0.334 e. The van der Waals surface area contributed by atoms with Crippen LogP contribution in [0.4, 0.5) is 0 Å². The minimum atomic E-state index is 0.590. The number of nitrogens with zero attached hydrogens (tertiary/aromatic N) is 1. The van der Waals surface area contributed by atoms with Gasteiger partial charge < -0.3 is 4.98 Å². The minimum absolute atomic E-state index is 0.590. The van der Waals surface area contributed by atoms with E-state index in [1.54, 1.807) is 0 Å². The molecule has 12 heavy (non-hydrogen) atoms. The normalized spacial score (nSPS) is 10.2. The quantitative estimate of drug-likeness (QED) is 0.728. The van der Waals surface area contributed by atoms with E-state index < -0.39 is 0 Å². The molecule has 3 heteroatoms. The van der Waals surface area contributed by atoms with Gasteiger partial charge in [0.25, 0.3) is 0 Å². The molecule has 0 atom stereocenters. The predicted molar refractivity (Wildman–Crippen MR) is 52.8 cm³/mol. The number of aromatic amines is 1. The van der Waals surface area contributed by atoms with Gasteiger partial charge in [-0.3, -0.25) is 0 Å². The van der Waals surface area contributed by atoms with Gasteiger partial charge in [0.15, 0.2) is 4.77 Å². The maximum Gasteiger partial charge on any atom is 0.196 e. The van der Waals surface area contributed by atoms with Gasteiger partial charge in [-0.2, -0.15) is 0 Å². The Morgan fingerprint density at radius 2 is 2.33 bits per heavy atom. The molecule has 1 heterocycles. The van der Waals surface area contributed by atoms with Gasteiger partial charge in [-0.1, -0.05) is 13.3 Å². The lowest BCUT2D eigenvalue weighted by Gasteiger charge is -2.03. The molecule has 0 fully saturated rings. The molecule has 1 rings (SSSR count). The highest BCUT2D eigenvalue weighted by molar-refractivity contribution is 7.71. The third-order valence-electron chi connectivity index (χ3n) is 1.89. The van der Waals surface area contributed by atoms with Crippen LogP contribution in [0.1, 0.15) is 31.0 Å². The Hall–Kier alpha value is -0.700. The van der Waals surface area contributed by atoms with Crippen LogP contribution >= 0.6 is 12.2 Å². The van der Waals surface area contributed by atoms with Gasteiger partial charge >= 0.3 is 0 Å². The molecule has 1 aromatic rings. The van der Waals surface area contributed by atoms with Gasteiger partial charge in [-0.15, -0.1) is 0 Å². The van der Waals surface area contributed by atoms with Crippen molar-refractivity contribution in [2.45, 2.75) is 33.1 Å². The highest BCUT2D eigenvalue weighted by atomic mass is 32.1. The molecule has 0 bridgehead atoms. The summed E-state index contributed by atoms with van der Waals surface area (Å²) in [5.74, 6) is 0. The van der Waals surface area contributed by atoms with Crippen LogP contribution < -0.4 is 0 Å². The number of aromatic nitrogens is 2. The Labute approximate surface area is 78.1 Å². The highest BCUT2D eigenvalue weighted by Crippen LogP contribution is 2.06. The first kappa shape index (κ1) is 9.39. The van der Waals surface area contributed by atoms with E-state index in [1.165, 1.54) is 24.1 Å². The number of H-pyrrole nitrogens is 1. The summed E-state index contributed by atoms with van der Waals surface area (Å²) in [6.07, 6.45) is 5.33. The van der Waals surface area contributed by atoms with Crippen LogP contribution in [-0.2, 0) is 6.42 Å². The molecule has 0 aromatic carbocycles. The molecule has 0 aliphatic rings. The fourth-order valence-corrected chi connectivity index (χ4v) is 1.28. The van der Waals surface area contributed by atoms with E-state index in [-0.39, 0.29) is 0 Å². The summed E-state index contributed by atoms with van der Waals surface area (Å²) < 4.78 is 0.590. The van der Waals surface area contributed by atoms with Crippen LogP contribution in [0.25, 0.3) is 0 Å². The van der Waals surface area contributed by atoms with Crippen LogP contribution in [0.15, 0.2) is 6.20 Å². The molecule has 0 unspecified atom stereocenters. The number of nitrogens with one attached hydrogen (secondary N) is 1. The summed E-state index contributed by atoms with van der Waals surface area (Å²) in [5, 5.41) is 0. The average molecular weight is 182 g/mol. The highest BCUT2D eigenvalue weighted by Gasteiger charge is 1.96. The maximum absolute atomic E-state index is 4.94. The van der Waals surface area contributed by atoms with Crippen LogP contribution in [0.3, 0.4) is 0 Å². The number of aryl methyl sites for hydroxylation is 2. The van der Waals surface area contributed by atoms with Crippen molar-refractivity contribution in [3.05, 3.63) is 22.2 Å². The lowest BCUT2D eigenvalue weighted by molar-refractivity contribution is 0.765. The summed E-state index contributed by atoms with van der Waals surface area (Å²) >= 11 is 4.94. The summed E-state index contributed by atoms with van der Waals surface area (Å²) in [7, 11) is 0. The zero-order valence-corrected chi connectivity index (χ0v) is 8.37. The van der Waals surface area contributed by atoms with Crippen molar-refractivity contribution < 1.29 is 0 Å². The van der Waals surface area contributed by atoms with Gasteiger partial charge in [-0.25, -0.2) is 4.98 Å². The van der Waals surface area contributed by atoms with E-state index in [2.05, 4.69) is 23.8 Å². The predicted octanol–water partition coefficient (Wildman–Crippen LogP) is 2.79. The Morgan fingerprint density at radius 3 is 3.00 bits per heavy atom. The van der Waals surface area contributed by atoms with Crippen molar-refractivity contribution in [2.24, 2.45) is 0 Å². The number of unbranched alkanes of at least 4 members (excludes halogenated alkanes) is 1. The summed E-state index contributed by atoms with van der Waals surface area (Å²) in [4.78, 5) is 7.12. The van der Waals surface area contributed by atoms with Crippen molar-refractivity contribution in [3.63, 3.8) is 0 Å². The van der Waals surface area contributed by atoms with Crippen LogP contribution in [-0.4, -0.2) is 9.97 Å². The molecule has 0 aliphatic heterocycles. The van der Waals surface area contributed by atoms with Gasteiger partial charge in [0.2, 0.25) is 0 Å². The molecular formula is C9H14N2S. The third-order valence-corrected chi connectivity index (χ3v) is 2.10. The zero-order valence-electron chi connectivity index (χ0n) is 7.55. The fourth-order valence-electron chi connectivity index (χ4n) is 1.11. The largest absolute Gasteiger partial charge is 0.334 e. The monoisotopic (exact) mass is 182 g/mol. The first-order chi connectivity index (χ1) is 5.74. The van der Waals surface area contributed by atoms with Gasteiger partial charge in [0.05, 0.1) is 0 Å². The summed E-state index contributed by atoms with van der Waals surface area (Å²) in [6.45, 7) is 4.24. The number of hydrogen-bond donors (Lipinski definition) is 1. The Kier molecular flexibility index (Phi) is 3.41. The number of rotatable bonds is 3. The molecule has 0 aliphatic carbocycles. The third kappa shape index (κ3) is 2.41. The van der Waals surface area contributed by atoms with E-state index in [1.807, 2.05) is 6.20 Å². The topological polar surface area (TPSA) is 28.7 Å². The number of hydrogen-bond acceptors (Lipinski definition) is 2. The molecule has 0 spiro atoms. The van der Waals surface area contributed by atoms with Gasteiger partial charge in [0.1, 0.15) is 0 Å². The first-order valence-corrected chi connectivity index (χ1v) is 4.69. The molecule has 0 saturated heterocycles. The maximum atomic E-state index is 4.94. The van der Waals surface area contributed by atoms with Crippen molar-refractivity contribution >= 4 is 12.2 Å². The molecule has 0 amide bonds. The summed E-state index contributed by atoms with van der Waals surface area (Å²) in [6, 6.07) is 0.